The summed E-state index contributed by atoms with van der Waals surface area (Å²) in [6, 6.07) is 9.58. The van der Waals surface area contributed by atoms with Crippen LogP contribution in [-0.2, 0) is 14.3 Å². The molecule has 0 bridgehead atoms. The van der Waals surface area contributed by atoms with Gasteiger partial charge in [-0.25, -0.2) is 18.0 Å². The Balaban J connectivity index is 2.07. The molecule has 0 aliphatic carbocycles. The number of nitrogens with zero attached hydrogens (tertiary/aromatic N) is 1. The van der Waals surface area contributed by atoms with Gasteiger partial charge in [-0.05, 0) is 42.8 Å². The van der Waals surface area contributed by atoms with Gasteiger partial charge in [0.2, 0.25) is 0 Å². The number of halogens is 3. The monoisotopic (exact) mass is 404 g/mol. The Morgan fingerprint density at radius 1 is 1.10 bits per heavy atom. The minimum Gasteiger partial charge on any atom is -0.497 e. The van der Waals surface area contributed by atoms with E-state index in [0.29, 0.717) is 17.4 Å². The van der Waals surface area contributed by atoms with Gasteiger partial charge in [0.1, 0.15) is 17.4 Å². The van der Waals surface area contributed by atoms with Crippen LogP contribution in [0.3, 0.4) is 0 Å². The Morgan fingerprint density at radius 2 is 1.76 bits per heavy atom. The van der Waals surface area contributed by atoms with E-state index in [4.69, 9.17) is 14.7 Å². The average Bonchev–Trinajstić information content (AvgIpc) is 2.72. The molecule has 0 aliphatic rings. The average molecular weight is 404 g/mol. The summed E-state index contributed by atoms with van der Waals surface area (Å²) in [5, 5.41) is 11.2. The van der Waals surface area contributed by atoms with Crippen LogP contribution < -0.4 is 10.1 Å². The van der Waals surface area contributed by atoms with Crippen molar-refractivity contribution in [3.8, 4) is 11.8 Å². The number of esters is 1. The summed E-state index contributed by atoms with van der Waals surface area (Å²) in [6.45, 7) is 1.17. The lowest BCUT2D eigenvalue weighted by atomic mass is 10.1. The molecule has 0 spiro atoms. The Bertz CT molecular complexity index is 998. The van der Waals surface area contributed by atoms with E-state index in [1.165, 1.54) is 20.1 Å². The molecule has 0 fully saturated rings. The van der Waals surface area contributed by atoms with Crippen LogP contribution in [0.25, 0.3) is 6.08 Å². The van der Waals surface area contributed by atoms with Crippen molar-refractivity contribution in [2.45, 2.75) is 13.0 Å². The minimum atomic E-state index is -1.75. The molecule has 29 heavy (non-hydrogen) atoms. The van der Waals surface area contributed by atoms with Crippen LogP contribution in [0.2, 0.25) is 0 Å². The van der Waals surface area contributed by atoms with Gasteiger partial charge in [-0.15, -0.1) is 0 Å². The molecule has 6 nitrogen and oxygen atoms in total. The molecule has 0 aliphatic heterocycles. The van der Waals surface area contributed by atoms with Gasteiger partial charge in [-0.3, -0.25) is 4.79 Å². The second-order valence-electron chi connectivity index (χ2n) is 5.70. The molecule has 1 atom stereocenters. The molecule has 0 unspecified atom stereocenters. The van der Waals surface area contributed by atoms with Gasteiger partial charge in [0.15, 0.2) is 23.6 Å². The van der Waals surface area contributed by atoms with Gasteiger partial charge in [0.05, 0.1) is 12.8 Å². The largest absolute Gasteiger partial charge is 0.497 e. The van der Waals surface area contributed by atoms with Crippen molar-refractivity contribution in [3.05, 3.63) is 65.0 Å². The van der Waals surface area contributed by atoms with Gasteiger partial charge in [-0.1, -0.05) is 12.1 Å². The van der Waals surface area contributed by atoms with E-state index in [-0.39, 0.29) is 5.57 Å². The molecule has 2 aromatic rings. The summed E-state index contributed by atoms with van der Waals surface area (Å²) in [7, 11) is 1.49. The number of amides is 1. The molecule has 2 aromatic carbocycles. The first kappa shape index (κ1) is 21.5. The fourth-order valence-electron chi connectivity index (χ4n) is 2.14. The summed E-state index contributed by atoms with van der Waals surface area (Å²) in [4.78, 5) is 24.2. The molecule has 0 heterocycles. The maximum absolute atomic E-state index is 13.6. The Hall–Kier alpha value is -3.80. The predicted octanol–water partition coefficient (Wildman–Crippen LogP) is 3.59. The van der Waals surface area contributed by atoms with Crippen LogP contribution >= 0.6 is 0 Å². The van der Waals surface area contributed by atoms with Crippen molar-refractivity contribution >= 4 is 23.6 Å². The SMILES string of the molecule is COc1ccc(/C=C(\C#N)C(=O)O[C@H](C)C(=O)Nc2ccc(F)c(F)c2F)cc1. The van der Waals surface area contributed by atoms with Crippen molar-refractivity contribution in [3.63, 3.8) is 0 Å². The van der Waals surface area contributed by atoms with E-state index in [1.54, 1.807) is 30.3 Å². The Kier molecular flexibility index (Phi) is 6.98. The fourth-order valence-corrected chi connectivity index (χ4v) is 2.14. The summed E-state index contributed by atoms with van der Waals surface area (Å²) in [5.41, 5.74) is -0.486. The summed E-state index contributed by atoms with van der Waals surface area (Å²) in [5.74, 6) is -6.25. The molecule has 150 valence electrons. The number of benzene rings is 2. The molecule has 2 rings (SSSR count). The third kappa shape index (κ3) is 5.35. The lowest BCUT2D eigenvalue weighted by Crippen LogP contribution is -2.30. The molecule has 0 aromatic heterocycles. The van der Waals surface area contributed by atoms with E-state index < -0.39 is 41.1 Å². The van der Waals surface area contributed by atoms with Crippen molar-refractivity contribution in [2.24, 2.45) is 0 Å². The Morgan fingerprint density at radius 3 is 2.34 bits per heavy atom. The topological polar surface area (TPSA) is 88.4 Å². The number of rotatable bonds is 6. The highest BCUT2D eigenvalue weighted by molar-refractivity contribution is 6.01. The molecule has 1 amide bonds. The zero-order valence-corrected chi connectivity index (χ0v) is 15.3. The second kappa shape index (κ2) is 9.41. The van der Waals surface area contributed by atoms with Gasteiger partial charge in [-0.2, -0.15) is 5.26 Å². The smallest absolute Gasteiger partial charge is 0.349 e. The minimum absolute atomic E-state index is 0.381. The van der Waals surface area contributed by atoms with E-state index >= 15 is 0 Å². The zero-order valence-electron chi connectivity index (χ0n) is 15.3. The molecule has 0 saturated carbocycles. The number of nitrogens with one attached hydrogen (secondary N) is 1. The van der Waals surface area contributed by atoms with E-state index in [2.05, 4.69) is 0 Å². The quantitative estimate of drug-likeness (QED) is 0.344. The summed E-state index contributed by atoms with van der Waals surface area (Å²) < 4.78 is 49.7. The van der Waals surface area contributed by atoms with Gasteiger partial charge >= 0.3 is 5.97 Å². The van der Waals surface area contributed by atoms with Crippen LogP contribution in [0.4, 0.5) is 18.9 Å². The second-order valence-corrected chi connectivity index (χ2v) is 5.70. The number of carbonyl (C=O) groups is 2. The number of anilines is 1. The van der Waals surface area contributed by atoms with Gasteiger partial charge < -0.3 is 14.8 Å². The third-order valence-corrected chi connectivity index (χ3v) is 3.71. The summed E-state index contributed by atoms with van der Waals surface area (Å²) >= 11 is 0. The summed E-state index contributed by atoms with van der Waals surface area (Å²) in [6.07, 6.45) is -0.191. The van der Waals surface area contributed by atoms with Crippen molar-refractivity contribution in [1.82, 2.24) is 0 Å². The molecular formula is C20H15F3N2O4. The van der Waals surface area contributed by atoms with E-state index in [1.807, 2.05) is 5.32 Å². The van der Waals surface area contributed by atoms with E-state index in [0.717, 1.165) is 6.07 Å². The van der Waals surface area contributed by atoms with Crippen LogP contribution in [0.5, 0.6) is 5.75 Å². The van der Waals surface area contributed by atoms with Gasteiger partial charge in [0.25, 0.3) is 5.91 Å². The highest BCUT2D eigenvalue weighted by Gasteiger charge is 2.23. The predicted molar refractivity (Wildman–Crippen MR) is 97.1 cm³/mol. The van der Waals surface area contributed by atoms with Crippen molar-refractivity contribution in [2.75, 3.05) is 12.4 Å². The lowest BCUT2D eigenvalue weighted by Gasteiger charge is -2.14. The molecular weight excluding hydrogens is 389 g/mol. The first-order chi connectivity index (χ1) is 13.8. The standard InChI is InChI=1S/C20H15F3N2O4/c1-11(19(26)25-16-8-7-15(21)17(22)18(16)23)29-20(27)13(10-24)9-12-3-5-14(28-2)6-4-12/h3-9,11H,1-2H3,(H,25,26)/b13-9+/t11-/m1/s1. The molecule has 0 radical (unpaired) electrons. The Labute approximate surface area is 164 Å². The molecule has 1 N–H and O–H groups in total. The number of nitriles is 1. The van der Waals surface area contributed by atoms with E-state index in [9.17, 15) is 22.8 Å². The highest BCUT2D eigenvalue weighted by atomic mass is 19.2. The normalized spacial score (nSPS) is 11.9. The van der Waals surface area contributed by atoms with Crippen LogP contribution in [0.15, 0.2) is 42.0 Å². The number of hydrogen-bond donors (Lipinski definition) is 1. The highest BCUT2D eigenvalue weighted by Crippen LogP contribution is 2.20. The van der Waals surface area contributed by atoms with Crippen LogP contribution in [0.1, 0.15) is 12.5 Å². The number of hydrogen-bond acceptors (Lipinski definition) is 5. The van der Waals surface area contributed by atoms with Gasteiger partial charge in [0, 0.05) is 0 Å². The first-order valence-corrected chi connectivity index (χ1v) is 8.18. The van der Waals surface area contributed by atoms with Crippen LogP contribution in [-0.4, -0.2) is 25.1 Å². The van der Waals surface area contributed by atoms with Crippen molar-refractivity contribution in [1.29, 1.82) is 5.26 Å². The van der Waals surface area contributed by atoms with Crippen LogP contribution in [0, 0.1) is 28.8 Å². The fraction of sp³-hybridized carbons (Fsp3) is 0.150. The number of carbonyl (C=O) groups excluding carboxylic acids is 2. The number of ether oxygens (including phenoxy) is 2. The number of methoxy groups -OCH3 is 1. The molecule has 9 heteroatoms. The zero-order chi connectivity index (χ0) is 21.6. The third-order valence-electron chi connectivity index (χ3n) is 3.71. The lowest BCUT2D eigenvalue weighted by molar-refractivity contribution is -0.148. The molecule has 0 saturated heterocycles. The van der Waals surface area contributed by atoms with Crippen molar-refractivity contribution < 1.29 is 32.2 Å². The maximum Gasteiger partial charge on any atom is 0.349 e. The maximum atomic E-state index is 13.6. The first-order valence-electron chi connectivity index (χ1n) is 8.18.